The second-order valence-electron chi connectivity index (χ2n) is 3.85. The molecule has 9 heteroatoms. The average Bonchev–Trinajstić information content (AvgIpc) is 2.93. The summed E-state index contributed by atoms with van der Waals surface area (Å²) in [6.45, 7) is 2.09. The van der Waals surface area contributed by atoms with Crippen LogP contribution in [0, 0.1) is 6.92 Å². The number of sulfonamides is 1. The number of aromatic nitrogens is 2. The number of H-pyrrole nitrogens is 1. The first-order chi connectivity index (χ1) is 8.95. The van der Waals surface area contributed by atoms with Gasteiger partial charge in [0.25, 0.3) is 10.0 Å². The molecule has 0 radical (unpaired) electrons. The van der Waals surface area contributed by atoms with E-state index in [2.05, 4.69) is 30.8 Å². The van der Waals surface area contributed by atoms with Crippen LogP contribution in [0.2, 0.25) is 0 Å². The van der Waals surface area contributed by atoms with E-state index in [1.807, 2.05) is 11.4 Å². The molecule has 2 aromatic heterocycles. The molecule has 19 heavy (non-hydrogen) atoms. The van der Waals surface area contributed by atoms with Crippen LogP contribution in [0.1, 0.15) is 16.1 Å². The summed E-state index contributed by atoms with van der Waals surface area (Å²) in [5, 5.41) is 8.32. The van der Waals surface area contributed by atoms with E-state index in [9.17, 15) is 8.42 Å². The summed E-state index contributed by atoms with van der Waals surface area (Å²) in [4.78, 5) is 0.908. The number of hydrogen-bond acceptors (Lipinski definition) is 5. The van der Waals surface area contributed by atoms with Gasteiger partial charge in [0.05, 0.1) is 0 Å². The van der Waals surface area contributed by atoms with Gasteiger partial charge in [0.2, 0.25) is 0 Å². The van der Waals surface area contributed by atoms with Gasteiger partial charge in [-0.3, -0.25) is 5.10 Å². The van der Waals surface area contributed by atoms with Crippen molar-refractivity contribution in [1.29, 1.82) is 0 Å². The Bertz CT molecular complexity index is 678. The number of halogens is 1. The molecule has 2 heterocycles. The van der Waals surface area contributed by atoms with E-state index in [1.54, 1.807) is 6.92 Å². The second kappa shape index (κ2) is 5.71. The van der Waals surface area contributed by atoms with E-state index in [0.29, 0.717) is 11.3 Å². The van der Waals surface area contributed by atoms with Crippen LogP contribution in [0.3, 0.4) is 0 Å². The highest BCUT2D eigenvalue weighted by Gasteiger charge is 2.23. The standard InChI is InChI=1S/C10H13BrN4O2S2/c1-6-7(4-12)10(15-14-6)19(16,17)13-5-9-8(11)2-3-18-9/h2-3,13H,4-5,12H2,1H3,(H,14,15). The maximum Gasteiger partial charge on any atom is 0.260 e. The number of hydrogen-bond donors (Lipinski definition) is 3. The van der Waals surface area contributed by atoms with Crippen molar-refractivity contribution < 1.29 is 8.42 Å². The first-order valence-electron chi connectivity index (χ1n) is 5.41. The maximum absolute atomic E-state index is 12.2. The molecule has 0 spiro atoms. The van der Waals surface area contributed by atoms with Crippen molar-refractivity contribution in [2.45, 2.75) is 25.0 Å². The van der Waals surface area contributed by atoms with E-state index in [4.69, 9.17) is 5.73 Å². The fraction of sp³-hybridized carbons (Fsp3) is 0.300. The highest BCUT2D eigenvalue weighted by molar-refractivity contribution is 9.10. The number of nitrogens with one attached hydrogen (secondary N) is 2. The van der Waals surface area contributed by atoms with Crippen LogP contribution in [0.15, 0.2) is 20.9 Å². The Morgan fingerprint density at radius 2 is 2.32 bits per heavy atom. The van der Waals surface area contributed by atoms with Gasteiger partial charge in [-0.25, -0.2) is 13.1 Å². The number of rotatable bonds is 5. The first-order valence-corrected chi connectivity index (χ1v) is 8.56. The average molecular weight is 365 g/mol. The van der Waals surface area contributed by atoms with Crippen LogP contribution < -0.4 is 10.5 Å². The van der Waals surface area contributed by atoms with Gasteiger partial charge < -0.3 is 5.73 Å². The number of nitrogens with two attached hydrogens (primary N) is 1. The van der Waals surface area contributed by atoms with Crippen molar-refractivity contribution in [3.8, 4) is 0 Å². The van der Waals surface area contributed by atoms with E-state index < -0.39 is 10.0 Å². The maximum atomic E-state index is 12.2. The van der Waals surface area contributed by atoms with Crippen LogP contribution in [-0.2, 0) is 23.1 Å². The van der Waals surface area contributed by atoms with Crippen LogP contribution in [-0.4, -0.2) is 18.6 Å². The van der Waals surface area contributed by atoms with E-state index in [1.165, 1.54) is 11.3 Å². The van der Waals surface area contributed by atoms with Gasteiger partial charge in [-0.2, -0.15) is 5.10 Å². The Hall–Kier alpha value is -0.740. The van der Waals surface area contributed by atoms with Gasteiger partial charge in [-0.05, 0) is 34.3 Å². The molecule has 0 amide bonds. The number of nitrogens with zero attached hydrogens (tertiary/aromatic N) is 1. The summed E-state index contributed by atoms with van der Waals surface area (Å²) in [6.07, 6.45) is 0. The molecule has 6 nitrogen and oxygen atoms in total. The van der Waals surface area contributed by atoms with E-state index in [0.717, 1.165) is 9.35 Å². The smallest absolute Gasteiger partial charge is 0.260 e. The van der Waals surface area contributed by atoms with Crippen molar-refractivity contribution in [1.82, 2.24) is 14.9 Å². The summed E-state index contributed by atoms with van der Waals surface area (Å²) < 4.78 is 27.8. The van der Waals surface area contributed by atoms with Crippen molar-refractivity contribution in [3.05, 3.63) is 32.1 Å². The van der Waals surface area contributed by atoms with Gasteiger partial charge in [0.1, 0.15) is 0 Å². The van der Waals surface area contributed by atoms with Crippen LogP contribution in [0.5, 0.6) is 0 Å². The summed E-state index contributed by atoms with van der Waals surface area (Å²) in [6, 6.07) is 1.87. The van der Waals surface area contributed by atoms with Gasteiger partial charge in [0, 0.05) is 33.7 Å². The Labute approximate surface area is 123 Å². The van der Waals surface area contributed by atoms with Crippen LogP contribution in [0.4, 0.5) is 0 Å². The molecule has 0 aliphatic carbocycles. The third-order valence-corrected chi connectivity index (χ3v) is 5.91. The third kappa shape index (κ3) is 3.06. The fourth-order valence-electron chi connectivity index (χ4n) is 1.57. The lowest BCUT2D eigenvalue weighted by molar-refractivity contribution is 0.576. The minimum atomic E-state index is -3.66. The van der Waals surface area contributed by atoms with Crippen molar-refractivity contribution >= 4 is 37.3 Å². The van der Waals surface area contributed by atoms with E-state index >= 15 is 0 Å². The minimum Gasteiger partial charge on any atom is -0.326 e. The third-order valence-electron chi connectivity index (χ3n) is 2.61. The largest absolute Gasteiger partial charge is 0.326 e. The zero-order chi connectivity index (χ0) is 14.0. The number of aromatic amines is 1. The topological polar surface area (TPSA) is 101 Å². The molecule has 2 aromatic rings. The Kier molecular flexibility index (Phi) is 4.41. The van der Waals surface area contributed by atoms with Crippen LogP contribution in [0.25, 0.3) is 0 Å². The fourth-order valence-corrected chi connectivity index (χ4v) is 4.29. The molecule has 104 valence electrons. The lowest BCUT2D eigenvalue weighted by atomic mass is 10.3. The van der Waals surface area contributed by atoms with Gasteiger partial charge in [-0.1, -0.05) is 0 Å². The molecule has 0 saturated heterocycles. The summed E-state index contributed by atoms with van der Waals surface area (Å²) in [7, 11) is -3.66. The number of thiophene rings is 1. The molecule has 0 fully saturated rings. The van der Waals surface area contributed by atoms with Gasteiger partial charge in [0.15, 0.2) is 5.03 Å². The summed E-state index contributed by atoms with van der Waals surface area (Å²) >= 11 is 4.83. The molecule has 0 aromatic carbocycles. The van der Waals surface area contributed by atoms with E-state index in [-0.39, 0.29) is 18.1 Å². The molecule has 4 N–H and O–H groups in total. The zero-order valence-corrected chi connectivity index (χ0v) is 13.3. The number of aryl methyl sites for hydroxylation is 1. The molecule has 0 aliphatic heterocycles. The normalized spacial score (nSPS) is 11.9. The lowest BCUT2D eigenvalue weighted by Crippen LogP contribution is -2.24. The zero-order valence-electron chi connectivity index (χ0n) is 10.1. The van der Waals surface area contributed by atoms with Crippen molar-refractivity contribution in [2.24, 2.45) is 5.73 Å². The molecule has 0 unspecified atom stereocenters. The SMILES string of the molecule is Cc1[nH]nc(S(=O)(=O)NCc2sccc2Br)c1CN. The molecule has 0 saturated carbocycles. The summed E-state index contributed by atoms with van der Waals surface area (Å²) in [5.41, 5.74) is 6.73. The van der Waals surface area contributed by atoms with Crippen LogP contribution >= 0.6 is 27.3 Å². The first kappa shape index (κ1) is 14.7. The minimum absolute atomic E-state index is 0.0276. The second-order valence-corrected chi connectivity index (χ2v) is 7.39. The quantitative estimate of drug-likeness (QED) is 0.747. The molecule has 0 bridgehead atoms. The summed E-state index contributed by atoms with van der Waals surface area (Å²) in [5.74, 6) is 0. The Morgan fingerprint density at radius 1 is 1.58 bits per heavy atom. The highest BCUT2D eigenvalue weighted by Crippen LogP contribution is 2.23. The molecule has 0 aliphatic rings. The predicted octanol–water partition coefficient (Wildman–Crippen LogP) is 1.48. The molecule has 2 rings (SSSR count). The highest BCUT2D eigenvalue weighted by atomic mass is 79.9. The monoisotopic (exact) mass is 364 g/mol. The van der Waals surface area contributed by atoms with Gasteiger partial charge in [-0.15, -0.1) is 11.3 Å². The predicted molar refractivity (Wildman–Crippen MR) is 77.3 cm³/mol. The van der Waals surface area contributed by atoms with Crippen molar-refractivity contribution in [2.75, 3.05) is 0 Å². The van der Waals surface area contributed by atoms with Gasteiger partial charge >= 0.3 is 0 Å². The Morgan fingerprint density at radius 3 is 2.89 bits per heavy atom. The molecule has 0 atom stereocenters. The lowest BCUT2D eigenvalue weighted by Gasteiger charge is -2.05. The van der Waals surface area contributed by atoms with Crippen molar-refractivity contribution in [3.63, 3.8) is 0 Å². The molecular formula is C10H13BrN4O2S2. The molecular weight excluding hydrogens is 352 g/mol. The Balaban J connectivity index is 2.21.